The molecule has 1 saturated heterocycles. The van der Waals surface area contributed by atoms with E-state index in [-0.39, 0.29) is 18.2 Å². The van der Waals surface area contributed by atoms with Gasteiger partial charge in [0.2, 0.25) is 0 Å². The summed E-state index contributed by atoms with van der Waals surface area (Å²) in [5, 5.41) is 12.6. The molecule has 1 fully saturated rings. The average Bonchev–Trinajstić information content (AvgIpc) is 2.71. The molecule has 0 aromatic heterocycles. The molecule has 22 heavy (non-hydrogen) atoms. The summed E-state index contributed by atoms with van der Waals surface area (Å²) >= 11 is 5.91. The number of benzene rings is 1. The molecule has 0 spiro atoms. The molecular weight excluding hydrogens is 308 g/mol. The number of amides is 1. The first kappa shape index (κ1) is 16.6. The zero-order valence-electron chi connectivity index (χ0n) is 12.3. The Balaban J connectivity index is 2.18. The first-order valence-electron chi connectivity index (χ1n) is 7.06. The number of methoxy groups -OCH3 is 1. The number of hydrogen-bond acceptors (Lipinski definition) is 4. The zero-order chi connectivity index (χ0) is 16.1. The summed E-state index contributed by atoms with van der Waals surface area (Å²) in [5.41, 5.74) is 0.433. The van der Waals surface area contributed by atoms with Crippen molar-refractivity contribution >= 4 is 23.5 Å². The number of hydrogen-bond donors (Lipinski definition) is 2. The van der Waals surface area contributed by atoms with Crippen molar-refractivity contribution < 1.29 is 19.4 Å². The van der Waals surface area contributed by atoms with Gasteiger partial charge in [-0.1, -0.05) is 11.6 Å². The minimum atomic E-state index is -0.856. The van der Waals surface area contributed by atoms with Crippen LogP contribution < -0.4 is 10.1 Å². The molecule has 2 rings (SSSR count). The number of nitrogens with zero attached hydrogens (tertiary/aromatic N) is 1. The zero-order valence-corrected chi connectivity index (χ0v) is 13.1. The lowest BCUT2D eigenvalue weighted by Gasteiger charge is -2.24. The summed E-state index contributed by atoms with van der Waals surface area (Å²) in [7, 11) is 1.49. The van der Waals surface area contributed by atoms with Crippen molar-refractivity contribution in [3.05, 3.63) is 28.8 Å². The van der Waals surface area contributed by atoms with Gasteiger partial charge in [0.1, 0.15) is 5.75 Å². The van der Waals surface area contributed by atoms with Crippen LogP contribution in [0.5, 0.6) is 5.75 Å². The van der Waals surface area contributed by atoms with Crippen LogP contribution in [-0.4, -0.2) is 55.2 Å². The summed E-state index contributed by atoms with van der Waals surface area (Å²) in [4.78, 5) is 25.3. The van der Waals surface area contributed by atoms with Crippen LogP contribution in [0.3, 0.4) is 0 Å². The van der Waals surface area contributed by atoms with Gasteiger partial charge in [0.25, 0.3) is 5.91 Å². The molecule has 1 aromatic rings. The lowest BCUT2D eigenvalue weighted by atomic mass is 10.0. The number of carboxylic acids is 1. The molecule has 1 unspecified atom stereocenters. The highest BCUT2D eigenvalue weighted by molar-refractivity contribution is 6.30. The predicted molar refractivity (Wildman–Crippen MR) is 82.5 cm³/mol. The van der Waals surface area contributed by atoms with Crippen molar-refractivity contribution in [2.75, 3.05) is 33.3 Å². The highest BCUT2D eigenvalue weighted by Crippen LogP contribution is 2.25. The molecule has 1 heterocycles. The average molecular weight is 327 g/mol. The summed E-state index contributed by atoms with van der Waals surface area (Å²) in [6, 6.07) is 4.87. The minimum Gasteiger partial charge on any atom is -0.496 e. The van der Waals surface area contributed by atoms with Crippen LogP contribution in [0.2, 0.25) is 5.02 Å². The predicted octanol–water partition coefficient (Wildman–Crippen LogP) is 1.48. The quantitative estimate of drug-likeness (QED) is 0.876. The second kappa shape index (κ2) is 7.47. The Morgan fingerprint density at radius 2 is 2.27 bits per heavy atom. The SMILES string of the molecule is COc1cc(Cl)ccc1C(=O)N1CCNCC(CC(=O)O)C1. The Kier molecular flexibility index (Phi) is 5.63. The molecule has 0 bridgehead atoms. The fourth-order valence-electron chi connectivity index (χ4n) is 2.57. The molecule has 7 heteroatoms. The summed E-state index contributed by atoms with van der Waals surface area (Å²) in [6.07, 6.45) is 0.0362. The molecule has 2 N–H and O–H groups in total. The Labute approximate surface area is 134 Å². The van der Waals surface area contributed by atoms with E-state index in [1.54, 1.807) is 23.1 Å². The van der Waals surface area contributed by atoms with E-state index < -0.39 is 5.97 Å². The smallest absolute Gasteiger partial charge is 0.303 e. The summed E-state index contributed by atoms with van der Waals surface area (Å²) in [5.74, 6) is -0.718. The number of nitrogens with one attached hydrogen (secondary N) is 1. The van der Waals surface area contributed by atoms with E-state index in [0.717, 1.165) is 0 Å². The van der Waals surface area contributed by atoms with E-state index in [1.165, 1.54) is 7.11 Å². The molecule has 1 aliphatic heterocycles. The largest absolute Gasteiger partial charge is 0.496 e. The first-order chi connectivity index (χ1) is 10.5. The van der Waals surface area contributed by atoms with Crippen LogP contribution >= 0.6 is 11.6 Å². The van der Waals surface area contributed by atoms with Crippen molar-refractivity contribution in [1.82, 2.24) is 10.2 Å². The first-order valence-corrected chi connectivity index (χ1v) is 7.44. The van der Waals surface area contributed by atoms with Crippen LogP contribution in [-0.2, 0) is 4.79 Å². The number of rotatable bonds is 4. The van der Waals surface area contributed by atoms with Crippen molar-refractivity contribution in [1.29, 1.82) is 0 Å². The van der Waals surface area contributed by atoms with Gasteiger partial charge < -0.3 is 20.1 Å². The van der Waals surface area contributed by atoms with Crippen LogP contribution in [0.1, 0.15) is 16.8 Å². The van der Waals surface area contributed by atoms with Gasteiger partial charge in [0, 0.05) is 31.2 Å². The Morgan fingerprint density at radius 3 is 2.95 bits per heavy atom. The topological polar surface area (TPSA) is 78.9 Å². The Morgan fingerprint density at radius 1 is 1.50 bits per heavy atom. The second-order valence-electron chi connectivity index (χ2n) is 5.26. The third kappa shape index (κ3) is 4.11. The maximum atomic E-state index is 12.7. The van der Waals surface area contributed by atoms with E-state index in [0.29, 0.717) is 42.5 Å². The number of halogens is 1. The van der Waals surface area contributed by atoms with E-state index in [9.17, 15) is 9.59 Å². The molecule has 0 saturated carbocycles. The van der Waals surface area contributed by atoms with E-state index in [1.807, 2.05) is 0 Å². The van der Waals surface area contributed by atoms with Gasteiger partial charge >= 0.3 is 5.97 Å². The molecule has 1 aliphatic rings. The minimum absolute atomic E-state index is 0.0362. The van der Waals surface area contributed by atoms with Gasteiger partial charge in [-0.2, -0.15) is 0 Å². The monoisotopic (exact) mass is 326 g/mol. The van der Waals surface area contributed by atoms with Crippen LogP contribution in [0.25, 0.3) is 0 Å². The highest BCUT2D eigenvalue weighted by Gasteiger charge is 2.26. The standard InChI is InChI=1S/C15H19ClN2O4/c1-22-13-7-11(16)2-3-12(13)15(21)18-5-4-17-8-10(9-18)6-14(19)20/h2-3,7,10,17H,4-6,8-9H2,1H3,(H,19,20). The van der Waals surface area contributed by atoms with Crippen LogP contribution in [0.15, 0.2) is 18.2 Å². The molecular formula is C15H19ClN2O4. The molecule has 6 nitrogen and oxygen atoms in total. The number of carbonyl (C=O) groups excluding carboxylic acids is 1. The third-order valence-electron chi connectivity index (χ3n) is 3.61. The number of aliphatic carboxylic acids is 1. The van der Waals surface area contributed by atoms with Gasteiger partial charge in [-0.15, -0.1) is 0 Å². The molecule has 1 amide bonds. The van der Waals surface area contributed by atoms with Crippen molar-refractivity contribution in [3.63, 3.8) is 0 Å². The van der Waals surface area contributed by atoms with Crippen LogP contribution in [0.4, 0.5) is 0 Å². The molecule has 120 valence electrons. The van der Waals surface area contributed by atoms with Crippen molar-refractivity contribution in [2.24, 2.45) is 5.92 Å². The van der Waals surface area contributed by atoms with Crippen molar-refractivity contribution in [3.8, 4) is 5.75 Å². The maximum Gasteiger partial charge on any atom is 0.303 e. The van der Waals surface area contributed by atoms with E-state index in [2.05, 4.69) is 5.32 Å². The van der Waals surface area contributed by atoms with Gasteiger partial charge in [0.05, 0.1) is 19.1 Å². The van der Waals surface area contributed by atoms with E-state index >= 15 is 0 Å². The van der Waals surface area contributed by atoms with Gasteiger partial charge in [-0.05, 0) is 24.1 Å². The van der Waals surface area contributed by atoms with Gasteiger partial charge in [0.15, 0.2) is 0 Å². The van der Waals surface area contributed by atoms with Crippen LogP contribution in [0, 0.1) is 5.92 Å². The van der Waals surface area contributed by atoms with E-state index in [4.69, 9.17) is 21.4 Å². The molecule has 0 aliphatic carbocycles. The fourth-order valence-corrected chi connectivity index (χ4v) is 2.73. The van der Waals surface area contributed by atoms with Gasteiger partial charge in [-0.25, -0.2) is 0 Å². The Hall–Kier alpha value is -1.79. The van der Waals surface area contributed by atoms with Crippen molar-refractivity contribution in [2.45, 2.75) is 6.42 Å². The third-order valence-corrected chi connectivity index (χ3v) is 3.85. The lowest BCUT2D eigenvalue weighted by Crippen LogP contribution is -2.36. The lowest BCUT2D eigenvalue weighted by molar-refractivity contribution is -0.138. The molecule has 0 radical (unpaired) electrons. The second-order valence-corrected chi connectivity index (χ2v) is 5.70. The number of carbonyl (C=O) groups is 2. The van der Waals surface area contributed by atoms with Gasteiger partial charge in [-0.3, -0.25) is 9.59 Å². The number of ether oxygens (including phenoxy) is 1. The molecule has 1 atom stereocenters. The number of carboxylic acid groups (broad SMARTS) is 1. The maximum absolute atomic E-state index is 12.7. The summed E-state index contributed by atoms with van der Waals surface area (Å²) in [6.45, 7) is 2.16. The Bertz CT molecular complexity index is 564. The highest BCUT2D eigenvalue weighted by atomic mass is 35.5. The molecule has 1 aromatic carbocycles. The summed E-state index contributed by atoms with van der Waals surface area (Å²) < 4.78 is 5.22. The fraction of sp³-hybridized carbons (Fsp3) is 0.467. The normalized spacial score (nSPS) is 18.6.